The van der Waals surface area contributed by atoms with Crippen molar-refractivity contribution < 1.29 is 0 Å². The molecular weight excluding hydrogens is 274 g/mol. The van der Waals surface area contributed by atoms with Gasteiger partial charge in [-0.3, -0.25) is 9.88 Å². The van der Waals surface area contributed by atoms with Crippen molar-refractivity contribution >= 4 is 5.82 Å². The lowest BCUT2D eigenvalue weighted by Gasteiger charge is -2.35. The van der Waals surface area contributed by atoms with Crippen LogP contribution in [0.1, 0.15) is 30.0 Å². The topological polar surface area (TPSA) is 45.2 Å². The molecule has 2 aromatic heterocycles. The summed E-state index contributed by atoms with van der Waals surface area (Å²) in [6, 6.07) is 8.43. The zero-order valence-corrected chi connectivity index (χ0v) is 12.7. The summed E-state index contributed by atoms with van der Waals surface area (Å²) in [5.74, 6) is 1.70. The third-order valence-electron chi connectivity index (χ3n) is 4.49. The molecule has 22 heavy (non-hydrogen) atoms. The Morgan fingerprint density at radius 2 is 1.86 bits per heavy atom. The average molecular weight is 295 g/mol. The maximum Gasteiger partial charge on any atom is 0.151 e. The van der Waals surface area contributed by atoms with Gasteiger partial charge in [0.2, 0.25) is 0 Å². The first-order valence-electron chi connectivity index (χ1n) is 8.08. The van der Waals surface area contributed by atoms with E-state index in [-0.39, 0.29) is 0 Å². The predicted molar refractivity (Wildman–Crippen MR) is 85.7 cm³/mol. The molecule has 0 unspecified atom stereocenters. The number of pyridine rings is 1. The minimum Gasteiger partial charge on any atom is -0.353 e. The predicted octanol–water partition coefficient (Wildman–Crippen LogP) is 2.07. The van der Waals surface area contributed by atoms with Gasteiger partial charge in [-0.2, -0.15) is 5.10 Å². The summed E-state index contributed by atoms with van der Waals surface area (Å²) in [4.78, 5) is 8.99. The molecule has 5 nitrogen and oxygen atoms in total. The van der Waals surface area contributed by atoms with Crippen LogP contribution in [0.5, 0.6) is 0 Å². The Morgan fingerprint density at radius 1 is 1.00 bits per heavy atom. The highest BCUT2D eigenvalue weighted by Crippen LogP contribution is 2.38. The molecule has 0 atom stereocenters. The van der Waals surface area contributed by atoms with Gasteiger partial charge >= 0.3 is 0 Å². The minimum atomic E-state index is 0.679. The quantitative estimate of drug-likeness (QED) is 0.864. The highest BCUT2D eigenvalue weighted by Gasteiger charge is 2.26. The van der Waals surface area contributed by atoms with E-state index in [0.717, 1.165) is 38.5 Å². The van der Waals surface area contributed by atoms with Crippen LogP contribution in [-0.2, 0) is 6.54 Å². The van der Waals surface area contributed by atoms with Crippen LogP contribution in [0.3, 0.4) is 0 Å². The standard InChI is InChI=1S/C17H21N5/c1-2-14(12-18-7-1)13-21-8-10-22(11-9-21)17-6-5-16(19-20-17)15-3-4-15/h1-2,5-7,12,15H,3-4,8-11,13H2. The first-order chi connectivity index (χ1) is 10.9. The van der Waals surface area contributed by atoms with Crippen molar-refractivity contribution in [2.75, 3.05) is 31.1 Å². The number of piperazine rings is 1. The average Bonchev–Trinajstić information content (AvgIpc) is 3.42. The molecule has 0 amide bonds. The van der Waals surface area contributed by atoms with E-state index in [2.05, 4.69) is 43.2 Å². The third-order valence-corrected chi connectivity index (χ3v) is 4.49. The largest absolute Gasteiger partial charge is 0.353 e. The molecule has 0 N–H and O–H groups in total. The molecule has 5 heteroatoms. The van der Waals surface area contributed by atoms with Gasteiger partial charge in [0.15, 0.2) is 5.82 Å². The highest BCUT2D eigenvalue weighted by molar-refractivity contribution is 5.38. The summed E-state index contributed by atoms with van der Waals surface area (Å²) in [7, 11) is 0. The number of anilines is 1. The smallest absolute Gasteiger partial charge is 0.151 e. The maximum atomic E-state index is 4.42. The van der Waals surface area contributed by atoms with Gasteiger partial charge in [0, 0.05) is 51.0 Å². The fraction of sp³-hybridized carbons (Fsp3) is 0.471. The van der Waals surface area contributed by atoms with Crippen LogP contribution < -0.4 is 4.90 Å². The second-order valence-electron chi connectivity index (χ2n) is 6.22. The zero-order chi connectivity index (χ0) is 14.8. The van der Waals surface area contributed by atoms with E-state index in [4.69, 9.17) is 0 Å². The zero-order valence-electron chi connectivity index (χ0n) is 12.7. The number of hydrogen-bond donors (Lipinski definition) is 0. The van der Waals surface area contributed by atoms with E-state index in [1.807, 2.05) is 18.5 Å². The Kier molecular flexibility index (Phi) is 3.72. The van der Waals surface area contributed by atoms with Gasteiger partial charge in [0.05, 0.1) is 5.69 Å². The molecule has 2 fully saturated rings. The van der Waals surface area contributed by atoms with Crippen LogP contribution in [0.25, 0.3) is 0 Å². The molecule has 0 spiro atoms. The van der Waals surface area contributed by atoms with E-state index >= 15 is 0 Å². The Morgan fingerprint density at radius 3 is 2.50 bits per heavy atom. The molecular formula is C17H21N5. The Bertz CT molecular complexity index is 601. The summed E-state index contributed by atoms with van der Waals surface area (Å²) < 4.78 is 0. The Hall–Kier alpha value is -2.01. The van der Waals surface area contributed by atoms with Gasteiger partial charge in [-0.15, -0.1) is 5.10 Å². The van der Waals surface area contributed by atoms with Crippen molar-refractivity contribution in [2.45, 2.75) is 25.3 Å². The number of rotatable bonds is 4. The molecule has 1 saturated heterocycles. The van der Waals surface area contributed by atoms with Gasteiger partial charge < -0.3 is 4.90 Å². The normalized spacial score (nSPS) is 19.4. The van der Waals surface area contributed by atoms with E-state index < -0.39 is 0 Å². The number of nitrogens with zero attached hydrogens (tertiary/aromatic N) is 5. The summed E-state index contributed by atoms with van der Waals surface area (Å²) in [6.45, 7) is 5.12. The molecule has 1 saturated carbocycles. The Labute approximate surface area is 131 Å². The second-order valence-corrected chi connectivity index (χ2v) is 6.22. The molecule has 114 valence electrons. The van der Waals surface area contributed by atoms with Crippen LogP contribution in [-0.4, -0.2) is 46.3 Å². The monoisotopic (exact) mass is 295 g/mol. The number of hydrogen-bond acceptors (Lipinski definition) is 5. The fourth-order valence-corrected chi connectivity index (χ4v) is 2.99. The van der Waals surface area contributed by atoms with Crippen molar-refractivity contribution in [1.29, 1.82) is 0 Å². The second kappa shape index (κ2) is 6.01. The summed E-state index contributed by atoms with van der Waals surface area (Å²) >= 11 is 0. The lowest BCUT2D eigenvalue weighted by atomic mass is 10.2. The van der Waals surface area contributed by atoms with Crippen molar-refractivity contribution in [3.05, 3.63) is 47.9 Å². The molecule has 2 aliphatic rings. The summed E-state index contributed by atoms with van der Waals surface area (Å²) in [6.07, 6.45) is 6.34. The maximum absolute atomic E-state index is 4.42. The van der Waals surface area contributed by atoms with Crippen molar-refractivity contribution in [2.24, 2.45) is 0 Å². The lowest BCUT2D eigenvalue weighted by Crippen LogP contribution is -2.46. The molecule has 1 aliphatic heterocycles. The molecule has 1 aliphatic carbocycles. The van der Waals surface area contributed by atoms with E-state index in [1.165, 1.54) is 24.1 Å². The molecule has 4 rings (SSSR count). The van der Waals surface area contributed by atoms with Crippen LogP contribution in [0, 0.1) is 0 Å². The van der Waals surface area contributed by atoms with E-state index in [0.29, 0.717) is 5.92 Å². The number of aromatic nitrogens is 3. The van der Waals surface area contributed by atoms with Crippen molar-refractivity contribution in [3.8, 4) is 0 Å². The van der Waals surface area contributed by atoms with E-state index in [1.54, 1.807) is 0 Å². The molecule has 0 bridgehead atoms. The van der Waals surface area contributed by atoms with E-state index in [9.17, 15) is 0 Å². The first kappa shape index (κ1) is 13.6. The van der Waals surface area contributed by atoms with Crippen LogP contribution in [0.2, 0.25) is 0 Å². The van der Waals surface area contributed by atoms with Crippen molar-refractivity contribution in [1.82, 2.24) is 20.1 Å². The summed E-state index contributed by atoms with van der Waals surface area (Å²) in [5, 5.41) is 8.81. The lowest BCUT2D eigenvalue weighted by molar-refractivity contribution is 0.249. The van der Waals surface area contributed by atoms with Crippen LogP contribution in [0.15, 0.2) is 36.7 Å². The van der Waals surface area contributed by atoms with Gasteiger partial charge in [0.1, 0.15) is 0 Å². The summed E-state index contributed by atoms with van der Waals surface area (Å²) in [5.41, 5.74) is 2.45. The van der Waals surface area contributed by atoms with Gasteiger partial charge in [0.25, 0.3) is 0 Å². The van der Waals surface area contributed by atoms with Gasteiger partial charge in [-0.25, -0.2) is 0 Å². The minimum absolute atomic E-state index is 0.679. The molecule has 0 radical (unpaired) electrons. The third kappa shape index (κ3) is 3.09. The highest BCUT2D eigenvalue weighted by atomic mass is 15.3. The van der Waals surface area contributed by atoms with Gasteiger partial charge in [-0.05, 0) is 36.6 Å². The van der Waals surface area contributed by atoms with Gasteiger partial charge in [-0.1, -0.05) is 6.07 Å². The molecule has 2 aromatic rings. The van der Waals surface area contributed by atoms with Crippen LogP contribution >= 0.6 is 0 Å². The van der Waals surface area contributed by atoms with Crippen LogP contribution in [0.4, 0.5) is 5.82 Å². The SMILES string of the molecule is c1cncc(CN2CCN(c3ccc(C4CC4)nn3)CC2)c1. The first-order valence-corrected chi connectivity index (χ1v) is 8.08. The molecule has 0 aromatic carbocycles. The molecule has 3 heterocycles. The van der Waals surface area contributed by atoms with Crippen molar-refractivity contribution in [3.63, 3.8) is 0 Å². The fourth-order valence-electron chi connectivity index (χ4n) is 2.99. The Balaban J connectivity index is 1.33.